The van der Waals surface area contributed by atoms with Gasteiger partial charge in [-0.05, 0) is 32.3 Å². The van der Waals surface area contributed by atoms with Crippen molar-refractivity contribution in [1.29, 1.82) is 0 Å². The van der Waals surface area contributed by atoms with Gasteiger partial charge in [0.25, 0.3) is 5.95 Å². The summed E-state index contributed by atoms with van der Waals surface area (Å²) >= 11 is 0. The molecule has 0 atom stereocenters. The maximum atomic E-state index is 12.1. The van der Waals surface area contributed by atoms with Crippen LogP contribution in [-0.2, 0) is 4.74 Å². The van der Waals surface area contributed by atoms with Crippen LogP contribution in [0.4, 0.5) is 5.82 Å². The zero-order valence-corrected chi connectivity index (χ0v) is 12.8. The van der Waals surface area contributed by atoms with E-state index in [9.17, 15) is 4.79 Å². The van der Waals surface area contributed by atoms with Gasteiger partial charge in [-0.25, -0.2) is 14.5 Å². The van der Waals surface area contributed by atoms with Crippen LogP contribution in [0.5, 0.6) is 0 Å². The summed E-state index contributed by atoms with van der Waals surface area (Å²) in [6.45, 7) is 5.85. The number of aromatic nitrogens is 4. The molecular weight excluding hydrogens is 282 g/mol. The summed E-state index contributed by atoms with van der Waals surface area (Å²) in [6, 6.07) is 0. The molecule has 0 bridgehead atoms. The summed E-state index contributed by atoms with van der Waals surface area (Å²) in [4.78, 5) is 23.0. The summed E-state index contributed by atoms with van der Waals surface area (Å²) in [5.41, 5.74) is 1.44. The van der Waals surface area contributed by atoms with Gasteiger partial charge in [0.15, 0.2) is 0 Å². The highest BCUT2D eigenvalue weighted by molar-refractivity contribution is 5.94. The molecule has 1 saturated heterocycles. The molecule has 1 fully saturated rings. The lowest BCUT2D eigenvalue weighted by Gasteiger charge is -2.19. The Morgan fingerprint density at radius 3 is 2.73 bits per heavy atom. The molecule has 0 radical (unpaired) electrons. The van der Waals surface area contributed by atoms with E-state index in [-0.39, 0.29) is 5.97 Å². The molecule has 3 rings (SSSR count). The molecule has 1 aliphatic heterocycles. The SMILES string of the molecule is CCOC(=O)c1cnc(-n2cc(C)cn2)nc1N1CCCC1. The number of anilines is 1. The Bertz CT molecular complexity index is 676. The van der Waals surface area contributed by atoms with Crippen LogP contribution in [0, 0.1) is 6.92 Å². The minimum Gasteiger partial charge on any atom is -0.462 e. The Labute approximate surface area is 128 Å². The Morgan fingerprint density at radius 2 is 2.09 bits per heavy atom. The first kappa shape index (κ1) is 14.5. The first-order valence-electron chi connectivity index (χ1n) is 7.50. The molecule has 2 aromatic heterocycles. The van der Waals surface area contributed by atoms with Gasteiger partial charge >= 0.3 is 5.97 Å². The third-order valence-corrected chi connectivity index (χ3v) is 3.57. The van der Waals surface area contributed by atoms with Gasteiger partial charge in [-0.1, -0.05) is 0 Å². The van der Waals surface area contributed by atoms with E-state index in [1.165, 1.54) is 6.20 Å². The van der Waals surface area contributed by atoms with Crippen LogP contribution in [0.2, 0.25) is 0 Å². The average molecular weight is 301 g/mol. The van der Waals surface area contributed by atoms with Crippen molar-refractivity contribution in [3.05, 3.63) is 29.7 Å². The number of ether oxygens (including phenoxy) is 1. The number of carbonyl (C=O) groups excluding carboxylic acids is 1. The minimum absolute atomic E-state index is 0.332. The molecule has 0 aromatic carbocycles. The van der Waals surface area contributed by atoms with Crippen LogP contribution < -0.4 is 4.90 Å². The minimum atomic E-state index is -0.382. The van der Waals surface area contributed by atoms with Crippen molar-refractivity contribution in [3.8, 4) is 5.95 Å². The van der Waals surface area contributed by atoms with Gasteiger partial charge in [-0.2, -0.15) is 10.1 Å². The van der Waals surface area contributed by atoms with Crippen molar-refractivity contribution in [3.63, 3.8) is 0 Å². The van der Waals surface area contributed by atoms with E-state index in [4.69, 9.17) is 4.74 Å². The number of hydrogen-bond donors (Lipinski definition) is 0. The highest BCUT2D eigenvalue weighted by Crippen LogP contribution is 2.23. The molecule has 0 spiro atoms. The van der Waals surface area contributed by atoms with Crippen molar-refractivity contribution in [1.82, 2.24) is 19.7 Å². The van der Waals surface area contributed by atoms with Crippen LogP contribution in [0.15, 0.2) is 18.6 Å². The number of carbonyl (C=O) groups is 1. The molecule has 3 heterocycles. The zero-order chi connectivity index (χ0) is 15.5. The number of rotatable bonds is 4. The second-order valence-electron chi connectivity index (χ2n) is 5.28. The van der Waals surface area contributed by atoms with E-state index in [1.807, 2.05) is 13.1 Å². The molecular formula is C15H19N5O2. The summed E-state index contributed by atoms with van der Waals surface area (Å²) in [7, 11) is 0. The van der Waals surface area contributed by atoms with Gasteiger partial charge in [0.05, 0.1) is 12.8 Å². The maximum Gasteiger partial charge on any atom is 0.343 e. The molecule has 0 saturated carbocycles. The van der Waals surface area contributed by atoms with Gasteiger partial charge in [-0.3, -0.25) is 0 Å². The van der Waals surface area contributed by atoms with Gasteiger partial charge in [0.2, 0.25) is 0 Å². The molecule has 0 N–H and O–H groups in total. The standard InChI is InChI=1S/C15H19N5O2/c1-3-22-14(21)12-9-16-15(20-10-11(2)8-17-20)18-13(12)19-6-4-5-7-19/h8-10H,3-7H2,1-2H3. The van der Waals surface area contributed by atoms with Crippen LogP contribution in [0.1, 0.15) is 35.7 Å². The Kier molecular flexibility index (Phi) is 4.04. The summed E-state index contributed by atoms with van der Waals surface area (Å²) in [6.07, 6.45) is 7.33. The Balaban J connectivity index is 2.01. The van der Waals surface area contributed by atoms with E-state index >= 15 is 0 Å². The summed E-state index contributed by atoms with van der Waals surface area (Å²) in [5.74, 6) is 0.713. The van der Waals surface area contributed by atoms with Crippen molar-refractivity contribution in [2.45, 2.75) is 26.7 Å². The third-order valence-electron chi connectivity index (χ3n) is 3.57. The van der Waals surface area contributed by atoms with Crippen molar-refractivity contribution in [2.75, 3.05) is 24.6 Å². The molecule has 2 aromatic rings. The van der Waals surface area contributed by atoms with Crippen LogP contribution >= 0.6 is 0 Å². The molecule has 7 heteroatoms. The molecule has 0 unspecified atom stereocenters. The zero-order valence-electron chi connectivity index (χ0n) is 12.8. The molecule has 7 nitrogen and oxygen atoms in total. The fourth-order valence-electron chi connectivity index (χ4n) is 2.52. The van der Waals surface area contributed by atoms with Gasteiger partial charge in [0, 0.05) is 25.5 Å². The van der Waals surface area contributed by atoms with E-state index in [2.05, 4.69) is 20.0 Å². The van der Waals surface area contributed by atoms with Crippen molar-refractivity contribution >= 4 is 11.8 Å². The lowest BCUT2D eigenvalue weighted by molar-refractivity contribution is 0.0526. The van der Waals surface area contributed by atoms with Crippen LogP contribution in [0.25, 0.3) is 5.95 Å². The van der Waals surface area contributed by atoms with E-state index in [0.29, 0.717) is 23.9 Å². The smallest absolute Gasteiger partial charge is 0.343 e. The molecule has 1 aliphatic rings. The van der Waals surface area contributed by atoms with Gasteiger partial charge in [0.1, 0.15) is 11.4 Å². The maximum absolute atomic E-state index is 12.1. The lowest BCUT2D eigenvalue weighted by atomic mass is 10.3. The second kappa shape index (κ2) is 6.13. The summed E-state index contributed by atoms with van der Waals surface area (Å²) in [5, 5.41) is 4.22. The normalized spacial score (nSPS) is 14.4. The van der Waals surface area contributed by atoms with Crippen molar-refractivity contribution in [2.24, 2.45) is 0 Å². The number of nitrogens with zero attached hydrogens (tertiary/aromatic N) is 5. The first-order valence-corrected chi connectivity index (χ1v) is 7.50. The highest BCUT2D eigenvalue weighted by atomic mass is 16.5. The molecule has 0 amide bonds. The fourth-order valence-corrected chi connectivity index (χ4v) is 2.52. The van der Waals surface area contributed by atoms with Crippen LogP contribution in [0.3, 0.4) is 0 Å². The van der Waals surface area contributed by atoms with Crippen molar-refractivity contribution < 1.29 is 9.53 Å². The summed E-state index contributed by atoms with van der Waals surface area (Å²) < 4.78 is 6.72. The second-order valence-corrected chi connectivity index (χ2v) is 5.28. The van der Waals surface area contributed by atoms with Gasteiger partial charge < -0.3 is 9.64 Å². The van der Waals surface area contributed by atoms with E-state index in [1.54, 1.807) is 17.8 Å². The quantitative estimate of drug-likeness (QED) is 0.801. The highest BCUT2D eigenvalue weighted by Gasteiger charge is 2.23. The lowest BCUT2D eigenvalue weighted by Crippen LogP contribution is -2.24. The molecule has 116 valence electrons. The number of hydrogen-bond acceptors (Lipinski definition) is 6. The van der Waals surface area contributed by atoms with E-state index in [0.717, 1.165) is 31.5 Å². The van der Waals surface area contributed by atoms with Gasteiger partial charge in [-0.15, -0.1) is 0 Å². The van der Waals surface area contributed by atoms with E-state index < -0.39 is 0 Å². The Morgan fingerprint density at radius 1 is 1.32 bits per heavy atom. The third kappa shape index (κ3) is 2.79. The molecule has 0 aliphatic carbocycles. The number of aryl methyl sites for hydroxylation is 1. The first-order chi connectivity index (χ1) is 10.7. The predicted molar refractivity (Wildman–Crippen MR) is 81.3 cm³/mol. The van der Waals surface area contributed by atoms with Crippen LogP contribution in [-0.4, -0.2) is 45.4 Å². The topological polar surface area (TPSA) is 73.1 Å². The Hall–Kier alpha value is -2.44. The monoisotopic (exact) mass is 301 g/mol. The predicted octanol–water partition coefficient (Wildman–Crippen LogP) is 1.75. The molecule has 22 heavy (non-hydrogen) atoms. The number of esters is 1. The average Bonchev–Trinajstić information content (AvgIpc) is 3.18. The largest absolute Gasteiger partial charge is 0.462 e. The fraction of sp³-hybridized carbons (Fsp3) is 0.467.